The molecule has 0 radical (unpaired) electrons. The molecule has 8 nitrogen and oxygen atoms in total. The lowest BCUT2D eigenvalue weighted by molar-refractivity contribution is -0.126. The molecule has 2 aliphatic heterocycles. The molecule has 0 N–H and O–H groups in total. The molecule has 0 bridgehead atoms. The zero-order chi connectivity index (χ0) is 22.0. The minimum atomic E-state index is -3.64. The van der Waals surface area contributed by atoms with Gasteiger partial charge < -0.3 is 14.4 Å². The average Bonchev–Trinajstić information content (AvgIpc) is 3.23. The molecule has 164 valence electrons. The molecule has 1 unspecified atom stereocenters. The predicted octanol–water partition coefficient (Wildman–Crippen LogP) is 1.84. The Kier molecular flexibility index (Phi) is 6.08. The zero-order valence-corrected chi connectivity index (χ0v) is 18.0. The van der Waals surface area contributed by atoms with Gasteiger partial charge in [-0.1, -0.05) is 18.2 Å². The van der Waals surface area contributed by atoms with Crippen LogP contribution in [-0.4, -0.2) is 63.6 Å². The monoisotopic (exact) mass is 444 g/mol. The van der Waals surface area contributed by atoms with Crippen molar-refractivity contribution in [1.82, 2.24) is 4.31 Å². The van der Waals surface area contributed by atoms with Crippen LogP contribution in [0.4, 0.5) is 5.69 Å². The SMILES string of the molecule is CC(OC(=O)c1ccc(S(=O)(=O)N2CCOCC2)cc1)C(=O)N1CCc2ccccc21. The topological polar surface area (TPSA) is 93.2 Å². The van der Waals surface area contributed by atoms with E-state index in [9.17, 15) is 18.0 Å². The molecule has 0 spiro atoms. The van der Waals surface area contributed by atoms with Crippen LogP contribution in [0.5, 0.6) is 0 Å². The Hall–Kier alpha value is -2.75. The first-order valence-corrected chi connectivity index (χ1v) is 11.6. The lowest BCUT2D eigenvalue weighted by Gasteiger charge is -2.26. The second-order valence-corrected chi connectivity index (χ2v) is 9.39. The van der Waals surface area contributed by atoms with Crippen molar-refractivity contribution in [2.75, 3.05) is 37.7 Å². The summed E-state index contributed by atoms with van der Waals surface area (Å²) in [5, 5.41) is 0. The number of carbonyl (C=O) groups is 2. The fourth-order valence-corrected chi connectivity index (χ4v) is 5.17. The summed E-state index contributed by atoms with van der Waals surface area (Å²) in [5.41, 5.74) is 2.11. The molecule has 1 amide bonds. The number of hydrogen-bond donors (Lipinski definition) is 0. The summed E-state index contributed by atoms with van der Waals surface area (Å²) in [6.07, 6.45) is -0.197. The summed E-state index contributed by atoms with van der Waals surface area (Å²) >= 11 is 0. The van der Waals surface area contributed by atoms with Crippen molar-refractivity contribution in [2.24, 2.45) is 0 Å². The third-order valence-corrected chi connectivity index (χ3v) is 7.40. The van der Waals surface area contributed by atoms with Gasteiger partial charge in [-0.25, -0.2) is 13.2 Å². The molecule has 1 fully saturated rings. The highest BCUT2D eigenvalue weighted by molar-refractivity contribution is 7.89. The van der Waals surface area contributed by atoms with E-state index in [4.69, 9.17) is 9.47 Å². The summed E-state index contributed by atoms with van der Waals surface area (Å²) < 4.78 is 37.3. The molecular weight excluding hydrogens is 420 g/mol. The Morgan fingerprint density at radius 2 is 1.68 bits per heavy atom. The maximum Gasteiger partial charge on any atom is 0.338 e. The fraction of sp³-hybridized carbons (Fsp3) is 0.364. The predicted molar refractivity (Wildman–Crippen MR) is 113 cm³/mol. The molecule has 2 heterocycles. The first-order valence-electron chi connectivity index (χ1n) is 10.2. The van der Waals surface area contributed by atoms with E-state index >= 15 is 0 Å². The van der Waals surface area contributed by atoms with E-state index < -0.39 is 22.1 Å². The Morgan fingerprint density at radius 3 is 2.39 bits per heavy atom. The second-order valence-electron chi connectivity index (χ2n) is 7.46. The van der Waals surface area contributed by atoms with Crippen molar-refractivity contribution in [3.8, 4) is 0 Å². The minimum absolute atomic E-state index is 0.101. The molecule has 0 aromatic heterocycles. The van der Waals surface area contributed by atoms with E-state index in [0.717, 1.165) is 17.7 Å². The molecule has 2 aliphatic rings. The number of morpholine rings is 1. The van der Waals surface area contributed by atoms with Crippen LogP contribution >= 0.6 is 0 Å². The van der Waals surface area contributed by atoms with Gasteiger partial charge in [0.25, 0.3) is 5.91 Å². The van der Waals surface area contributed by atoms with Crippen LogP contribution in [-0.2, 0) is 30.7 Å². The van der Waals surface area contributed by atoms with Crippen molar-refractivity contribution in [2.45, 2.75) is 24.3 Å². The van der Waals surface area contributed by atoms with Gasteiger partial charge in [0.15, 0.2) is 6.10 Å². The highest BCUT2D eigenvalue weighted by atomic mass is 32.2. The normalized spacial score (nSPS) is 17.8. The summed E-state index contributed by atoms with van der Waals surface area (Å²) in [6.45, 7) is 3.40. The standard InChI is InChI=1S/C22H24N2O6S/c1-16(21(25)24-11-10-17-4-2-3-5-20(17)24)30-22(26)18-6-8-19(9-7-18)31(27,28)23-12-14-29-15-13-23/h2-9,16H,10-15H2,1H3. The molecule has 4 rings (SSSR count). The zero-order valence-electron chi connectivity index (χ0n) is 17.2. The highest BCUT2D eigenvalue weighted by Crippen LogP contribution is 2.28. The number of rotatable bonds is 5. The Bertz CT molecular complexity index is 1080. The van der Waals surface area contributed by atoms with Crippen LogP contribution in [0, 0.1) is 0 Å². The van der Waals surface area contributed by atoms with Gasteiger partial charge in [0.2, 0.25) is 10.0 Å². The summed E-state index contributed by atoms with van der Waals surface area (Å²) in [4.78, 5) is 27.0. The van der Waals surface area contributed by atoms with Gasteiger partial charge in [-0.3, -0.25) is 4.79 Å². The van der Waals surface area contributed by atoms with Gasteiger partial charge in [-0.15, -0.1) is 0 Å². The third-order valence-electron chi connectivity index (χ3n) is 5.48. The number of carbonyl (C=O) groups excluding carboxylic acids is 2. The first kappa shape index (κ1) is 21.5. The summed E-state index contributed by atoms with van der Waals surface area (Å²) in [6, 6.07) is 13.2. The van der Waals surface area contributed by atoms with Crippen molar-refractivity contribution >= 4 is 27.6 Å². The van der Waals surface area contributed by atoms with E-state index in [2.05, 4.69) is 0 Å². The maximum absolute atomic E-state index is 12.8. The second kappa shape index (κ2) is 8.78. The van der Waals surface area contributed by atoms with Crippen LogP contribution in [0.25, 0.3) is 0 Å². The number of para-hydroxylation sites is 1. The Morgan fingerprint density at radius 1 is 1.00 bits per heavy atom. The lowest BCUT2D eigenvalue weighted by Crippen LogP contribution is -2.40. The van der Waals surface area contributed by atoms with Gasteiger partial charge in [0, 0.05) is 25.3 Å². The van der Waals surface area contributed by atoms with Gasteiger partial charge in [-0.2, -0.15) is 4.31 Å². The highest BCUT2D eigenvalue weighted by Gasteiger charge is 2.30. The van der Waals surface area contributed by atoms with Gasteiger partial charge in [-0.05, 0) is 49.2 Å². The van der Waals surface area contributed by atoms with E-state index in [1.807, 2.05) is 24.3 Å². The molecule has 1 saturated heterocycles. The first-order chi connectivity index (χ1) is 14.9. The molecule has 2 aromatic carbocycles. The van der Waals surface area contributed by atoms with E-state index in [-0.39, 0.29) is 16.4 Å². The Balaban J connectivity index is 1.41. The van der Waals surface area contributed by atoms with Crippen molar-refractivity contribution in [1.29, 1.82) is 0 Å². The van der Waals surface area contributed by atoms with Crippen LogP contribution in [0.1, 0.15) is 22.8 Å². The van der Waals surface area contributed by atoms with Gasteiger partial charge in [0.1, 0.15) is 0 Å². The molecule has 1 atom stereocenters. The molecule has 31 heavy (non-hydrogen) atoms. The van der Waals surface area contributed by atoms with Crippen molar-refractivity contribution in [3.63, 3.8) is 0 Å². The number of sulfonamides is 1. The molecule has 0 aliphatic carbocycles. The van der Waals surface area contributed by atoms with Crippen molar-refractivity contribution < 1.29 is 27.5 Å². The molecule has 9 heteroatoms. The molecule has 2 aromatic rings. The van der Waals surface area contributed by atoms with Crippen LogP contribution < -0.4 is 4.90 Å². The minimum Gasteiger partial charge on any atom is -0.449 e. The average molecular weight is 445 g/mol. The Labute approximate surface area is 181 Å². The number of esters is 1. The quantitative estimate of drug-likeness (QED) is 0.654. The van der Waals surface area contributed by atoms with E-state index in [1.54, 1.807) is 11.8 Å². The van der Waals surface area contributed by atoms with Crippen LogP contribution in [0.15, 0.2) is 53.4 Å². The summed E-state index contributed by atoms with van der Waals surface area (Å²) in [7, 11) is -3.64. The fourth-order valence-electron chi connectivity index (χ4n) is 3.76. The van der Waals surface area contributed by atoms with Gasteiger partial charge >= 0.3 is 5.97 Å². The largest absolute Gasteiger partial charge is 0.449 e. The smallest absolute Gasteiger partial charge is 0.338 e. The van der Waals surface area contributed by atoms with E-state index in [1.165, 1.54) is 28.6 Å². The van der Waals surface area contributed by atoms with Gasteiger partial charge in [0.05, 0.1) is 23.7 Å². The van der Waals surface area contributed by atoms with E-state index in [0.29, 0.717) is 32.8 Å². The van der Waals surface area contributed by atoms with Crippen LogP contribution in [0.3, 0.4) is 0 Å². The number of benzene rings is 2. The maximum atomic E-state index is 12.8. The van der Waals surface area contributed by atoms with Crippen molar-refractivity contribution in [3.05, 3.63) is 59.7 Å². The number of fused-ring (bicyclic) bond motifs is 1. The number of nitrogens with zero attached hydrogens (tertiary/aromatic N) is 2. The summed E-state index contributed by atoms with van der Waals surface area (Å²) in [5.74, 6) is -0.964. The molecular formula is C22H24N2O6S. The number of hydrogen-bond acceptors (Lipinski definition) is 6. The lowest BCUT2D eigenvalue weighted by atomic mass is 10.2. The number of ether oxygens (including phenoxy) is 2. The number of amides is 1. The molecule has 0 saturated carbocycles. The third kappa shape index (κ3) is 4.34. The number of anilines is 1. The van der Waals surface area contributed by atoms with Crippen LogP contribution in [0.2, 0.25) is 0 Å².